The molecule has 1 aliphatic heterocycles. The van der Waals surface area contributed by atoms with Gasteiger partial charge in [-0.15, -0.1) is 0 Å². The summed E-state index contributed by atoms with van der Waals surface area (Å²) >= 11 is 7.17. The molecule has 0 spiro atoms. The summed E-state index contributed by atoms with van der Waals surface area (Å²) in [5.74, 6) is 0. The SMILES string of the molecule is CNC(=O)O/N=C/C(C)(C)SC.ClN1CCCC1. The molecule has 7 heteroatoms. The summed E-state index contributed by atoms with van der Waals surface area (Å²) in [4.78, 5) is 15.0. The number of carbonyl (C=O) groups excluding carboxylic acids is 1. The predicted octanol–water partition coefficient (Wildman–Crippen LogP) is 2.71. The van der Waals surface area contributed by atoms with Crippen molar-refractivity contribution in [1.29, 1.82) is 0 Å². The average molecular weight is 296 g/mol. The van der Waals surface area contributed by atoms with E-state index < -0.39 is 6.09 Å². The molecule has 0 aliphatic carbocycles. The number of carbonyl (C=O) groups is 1. The molecule has 5 nitrogen and oxygen atoms in total. The zero-order chi connectivity index (χ0) is 14.0. The third-order valence-electron chi connectivity index (χ3n) is 2.28. The van der Waals surface area contributed by atoms with Gasteiger partial charge in [0.05, 0.1) is 6.21 Å². The second kappa shape index (κ2) is 9.47. The Hall–Kier alpha value is -0.460. The fraction of sp³-hybridized carbons (Fsp3) is 0.818. The van der Waals surface area contributed by atoms with Crippen LogP contribution < -0.4 is 5.32 Å². The van der Waals surface area contributed by atoms with Crippen LogP contribution >= 0.6 is 23.5 Å². The van der Waals surface area contributed by atoms with Gasteiger partial charge in [-0.2, -0.15) is 11.8 Å². The topological polar surface area (TPSA) is 53.9 Å². The van der Waals surface area contributed by atoms with Gasteiger partial charge in [0.2, 0.25) is 0 Å². The molecule has 1 aliphatic rings. The Morgan fingerprint density at radius 1 is 1.50 bits per heavy atom. The van der Waals surface area contributed by atoms with Crippen molar-refractivity contribution in [3.05, 3.63) is 0 Å². The van der Waals surface area contributed by atoms with Crippen molar-refractivity contribution >= 4 is 35.8 Å². The minimum atomic E-state index is -0.553. The van der Waals surface area contributed by atoms with E-state index in [0.29, 0.717) is 0 Å². The smallest absolute Gasteiger partial charge is 0.323 e. The van der Waals surface area contributed by atoms with Crippen LogP contribution in [0, 0.1) is 0 Å². The summed E-state index contributed by atoms with van der Waals surface area (Å²) in [6.45, 7) is 6.13. The highest BCUT2D eigenvalue weighted by molar-refractivity contribution is 8.00. The summed E-state index contributed by atoms with van der Waals surface area (Å²) < 4.78 is 1.73. The normalized spacial score (nSPS) is 16.3. The summed E-state index contributed by atoms with van der Waals surface area (Å²) in [7, 11) is 1.48. The molecule has 1 fully saturated rings. The lowest BCUT2D eigenvalue weighted by molar-refractivity contribution is 0.153. The third kappa shape index (κ3) is 9.56. The largest absolute Gasteiger partial charge is 0.433 e. The zero-order valence-electron chi connectivity index (χ0n) is 11.4. The van der Waals surface area contributed by atoms with Gasteiger partial charge in [-0.05, 0) is 44.7 Å². The summed E-state index contributed by atoms with van der Waals surface area (Å²) in [5, 5.41) is 5.81. The van der Waals surface area contributed by atoms with Gasteiger partial charge in [0, 0.05) is 24.9 Å². The van der Waals surface area contributed by atoms with Gasteiger partial charge in [-0.1, -0.05) is 5.16 Å². The first kappa shape index (κ1) is 17.5. The first-order chi connectivity index (χ1) is 8.41. The minimum absolute atomic E-state index is 0.103. The Morgan fingerprint density at radius 2 is 2.06 bits per heavy atom. The molecular formula is C11H22ClN3O2S. The van der Waals surface area contributed by atoms with Crippen molar-refractivity contribution in [2.75, 3.05) is 26.4 Å². The lowest BCUT2D eigenvalue weighted by atomic mass is 10.2. The Balaban J connectivity index is 0.000000397. The van der Waals surface area contributed by atoms with E-state index in [4.69, 9.17) is 11.8 Å². The lowest BCUT2D eigenvalue weighted by Crippen LogP contribution is -2.19. The summed E-state index contributed by atoms with van der Waals surface area (Å²) in [5.41, 5.74) is 0. The number of amides is 1. The number of hydrogen-bond acceptors (Lipinski definition) is 5. The van der Waals surface area contributed by atoms with Crippen LogP contribution in [0.4, 0.5) is 4.79 Å². The van der Waals surface area contributed by atoms with Gasteiger partial charge < -0.3 is 5.32 Å². The van der Waals surface area contributed by atoms with E-state index in [1.165, 1.54) is 19.9 Å². The molecule has 0 aromatic rings. The second-order valence-corrected chi connectivity index (χ2v) is 6.23. The van der Waals surface area contributed by atoms with Crippen LogP contribution in [0.2, 0.25) is 0 Å². The van der Waals surface area contributed by atoms with Gasteiger partial charge in [-0.3, -0.25) is 4.84 Å². The Kier molecular flexibility index (Phi) is 9.23. The van der Waals surface area contributed by atoms with Crippen molar-refractivity contribution in [2.45, 2.75) is 31.4 Å². The Labute approximate surface area is 118 Å². The average Bonchev–Trinajstić information content (AvgIpc) is 2.80. The van der Waals surface area contributed by atoms with Gasteiger partial charge in [-0.25, -0.2) is 9.21 Å². The number of nitrogens with one attached hydrogen (secondary N) is 1. The zero-order valence-corrected chi connectivity index (χ0v) is 13.0. The second-order valence-electron chi connectivity index (χ2n) is 4.29. The lowest BCUT2D eigenvalue weighted by Gasteiger charge is -2.13. The fourth-order valence-electron chi connectivity index (χ4n) is 0.978. The van der Waals surface area contributed by atoms with Crippen LogP contribution in [-0.2, 0) is 4.84 Å². The molecule has 0 saturated carbocycles. The fourth-order valence-corrected chi connectivity index (χ4v) is 1.37. The van der Waals surface area contributed by atoms with E-state index in [1.807, 2.05) is 24.5 Å². The minimum Gasteiger partial charge on any atom is -0.323 e. The van der Waals surface area contributed by atoms with Crippen LogP contribution in [0.25, 0.3) is 0 Å². The van der Waals surface area contributed by atoms with E-state index in [0.717, 1.165) is 13.1 Å². The molecule has 0 aromatic carbocycles. The van der Waals surface area contributed by atoms with E-state index in [1.54, 1.807) is 18.0 Å². The van der Waals surface area contributed by atoms with Crippen molar-refractivity contribution in [1.82, 2.24) is 9.74 Å². The molecule has 18 heavy (non-hydrogen) atoms. The first-order valence-electron chi connectivity index (χ1n) is 5.80. The van der Waals surface area contributed by atoms with Crippen molar-refractivity contribution in [3.63, 3.8) is 0 Å². The van der Waals surface area contributed by atoms with E-state index in [-0.39, 0.29) is 4.75 Å². The van der Waals surface area contributed by atoms with Crippen LogP contribution in [0.5, 0.6) is 0 Å². The predicted molar refractivity (Wildman–Crippen MR) is 78.3 cm³/mol. The van der Waals surface area contributed by atoms with Gasteiger partial charge in [0.1, 0.15) is 0 Å². The van der Waals surface area contributed by atoms with Crippen LogP contribution in [0.3, 0.4) is 0 Å². The summed E-state index contributed by atoms with van der Waals surface area (Å²) in [6.07, 6.45) is 5.56. The first-order valence-corrected chi connectivity index (χ1v) is 7.36. The molecule has 0 aromatic heterocycles. The monoisotopic (exact) mass is 295 g/mol. The van der Waals surface area contributed by atoms with Gasteiger partial charge in [0.15, 0.2) is 0 Å². The van der Waals surface area contributed by atoms with E-state index in [2.05, 4.69) is 15.3 Å². The van der Waals surface area contributed by atoms with Gasteiger partial charge in [0.25, 0.3) is 0 Å². The van der Waals surface area contributed by atoms with Gasteiger partial charge >= 0.3 is 6.09 Å². The molecule has 0 unspecified atom stereocenters. The molecule has 0 atom stereocenters. The van der Waals surface area contributed by atoms with E-state index >= 15 is 0 Å². The standard InChI is InChI=1S/C7H14N2O2S.C4H8ClN/c1-7(2,12-4)5-9-11-6(10)8-3;5-6-3-1-2-4-6/h5H,1-4H3,(H,8,10);1-4H2/b9-5+;. The molecule has 106 valence electrons. The van der Waals surface area contributed by atoms with Crippen LogP contribution in [-0.4, -0.2) is 47.9 Å². The highest BCUT2D eigenvalue weighted by atomic mass is 35.5. The Bertz CT molecular complexity index is 269. The highest BCUT2D eigenvalue weighted by Crippen LogP contribution is 2.17. The van der Waals surface area contributed by atoms with Crippen LogP contribution in [0.1, 0.15) is 26.7 Å². The molecule has 1 saturated heterocycles. The number of halogens is 1. The third-order valence-corrected chi connectivity index (χ3v) is 3.78. The number of hydrogen-bond donors (Lipinski definition) is 1. The number of oxime groups is 1. The van der Waals surface area contributed by atoms with Crippen molar-refractivity contribution < 1.29 is 9.63 Å². The quantitative estimate of drug-likeness (QED) is 0.376. The molecule has 0 radical (unpaired) electrons. The maximum atomic E-state index is 10.5. The number of nitrogens with zero attached hydrogens (tertiary/aromatic N) is 2. The number of rotatable bonds is 3. The molecule has 0 bridgehead atoms. The molecule has 1 heterocycles. The maximum absolute atomic E-state index is 10.5. The molecule has 1 rings (SSSR count). The maximum Gasteiger partial charge on any atom is 0.433 e. The van der Waals surface area contributed by atoms with Crippen molar-refractivity contribution in [3.8, 4) is 0 Å². The summed E-state index contributed by atoms with van der Waals surface area (Å²) in [6, 6.07) is 0. The number of thioether (sulfide) groups is 1. The van der Waals surface area contributed by atoms with E-state index in [9.17, 15) is 4.79 Å². The molecule has 1 amide bonds. The van der Waals surface area contributed by atoms with Crippen LogP contribution in [0.15, 0.2) is 5.16 Å². The highest BCUT2D eigenvalue weighted by Gasteiger charge is 2.12. The Morgan fingerprint density at radius 3 is 2.39 bits per heavy atom. The van der Waals surface area contributed by atoms with Crippen molar-refractivity contribution in [2.24, 2.45) is 5.16 Å². The molecule has 1 N–H and O–H groups in total. The molecular weight excluding hydrogens is 274 g/mol.